The Morgan fingerprint density at radius 1 is 1.56 bits per heavy atom. The molecule has 1 aromatic rings. The highest BCUT2D eigenvalue weighted by Gasteiger charge is 2.33. The van der Waals surface area contributed by atoms with Gasteiger partial charge in [-0.05, 0) is 18.8 Å². The van der Waals surface area contributed by atoms with Crippen LogP contribution in [-0.2, 0) is 0 Å². The smallest absolute Gasteiger partial charge is 0.158 e. The second kappa shape index (κ2) is 4.45. The number of hydrogen-bond donors (Lipinski definition) is 1. The Morgan fingerprint density at radius 2 is 2.31 bits per heavy atom. The van der Waals surface area contributed by atoms with Gasteiger partial charge in [-0.2, -0.15) is 5.26 Å². The van der Waals surface area contributed by atoms with Crippen LogP contribution in [0.5, 0.6) is 0 Å². The fourth-order valence-electron chi connectivity index (χ4n) is 1.88. The topological polar surface area (TPSA) is 78.8 Å². The Hall–Kier alpha value is -1.67. The number of nitrogens with zero attached hydrogens (tertiary/aromatic N) is 4. The SMILES string of the molecule is CN(c1cnc(C#N)cn1)C(CN)C1CC1. The normalized spacial score (nSPS) is 16.6. The third-order valence-electron chi connectivity index (χ3n) is 3.02. The summed E-state index contributed by atoms with van der Waals surface area (Å²) in [5.41, 5.74) is 6.11. The number of nitriles is 1. The average Bonchev–Trinajstić information content (AvgIpc) is 3.14. The third-order valence-corrected chi connectivity index (χ3v) is 3.02. The number of hydrogen-bond acceptors (Lipinski definition) is 5. The minimum atomic E-state index is 0.335. The van der Waals surface area contributed by atoms with Gasteiger partial charge in [0.2, 0.25) is 0 Å². The molecular weight excluding hydrogens is 202 g/mol. The molecule has 5 heteroatoms. The highest BCUT2D eigenvalue weighted by molar-refractivity contribution is 5.38. The van der Waals surface area contributed by atoms with Gasteiger partial charge in [0.25, 0.3) is 0 Å². The van der Waals surface area contributed by atoms with E-state index in [1.807, 2.05) is 13.1 Å². The molecule has 2 rings (SSSR count). The zero-order chi connectivity index (χ0) is 11.5. The predicted octanol–water partition coefficient (Wildman–Crippen LogP) is 0.522. The van der Waals surface area contributed by atoms with E-state index in [-0.39, 0.29) is 0 Å². The highest BCUT2D eigenvalue weighted by Crippen LogP contribution is 2.35. The Balaban J connectivity index is 2.12. The predicted molar refractivity (Wildman–Crippen MR) is 60.7 cm³/mol. The second-order valence-electron chi connectivity index (χ2n) is 4.12. The zero-order valence-corrected chi connectivity index (χ0v) is 9.30. The summed E-state index contributed by atoms with van der Waals surface area (Å²) >= 11 is 0. The van der Waals surface area contributed by atoms with Crippen LogP contribution in [0.25, 0.3) is 0 Å². The van der Waals surface area contributed by atoms with E-state index < -0.39 is 0 Å². The molecule has 0 spiro atoms. The molecule has 0 aliphatic heterocycles. The van der Waals surface area contributed by atoms with E-state index in [1.165, 1.54) is 19.0 Å². The van der Waals surface area contributed by atoms with Crippen molar-refractivity contribution >= 4 is 5.82 Å². The van der Waals surface area contributed by atoms with Crippen molar-refractivity contribution in [2.75, 3.05) is 18.5 Å². The van der Waals surface area contributed by atoms with E-state index in [4.69, 9.17) is 11.0 Å². The fourth-order valence-corrected chi connectivity index (χ4v) is 1.88. The summed E-state index contributed by atoms with van der Waals surface area (Å²) in [7, 11) is 1.98. The molecular formula is C11H15N5. The molecule has 5 nitrogen and oxygen atoms in total. The number of anilines is 1. The van der Waals surface area contributed by atoms with Gasteiger partial charge in [-0.1, -0.05) is 0 Å². The van der Waals surface area contributed by atoms with Gasteiger partial charge in [0, 0.05) is 19.6 Å². The summed E-state index contributed by atoms with van der Waals surface area (Å²) < 4.78 is 0. The van der Waals surface area contributed by atoms with E-state index in [9.17, 15) is 0 Å². The molecule has 1 saturated carbocycles. The molecule has 1 aromatic heterocycles. The van der Waals surface area contributed by atoms with Crippen LogP contribution < -0.4 is 10.6 Å². The maximum absolute atomic E-state index is 8.63. The molecule has 0 radical (unpaired) electrons. The Kier molecular flexibility index (Phi) is 3.02. The molecule has 1 unspecified atom stereocenters. The maximum Gasteiger partial charge on any atom is 0.158 e. The van der Waals surface area contributed by atoms with Crippen molar-refractivity contribution < 1.29 is 0 Å². The molecule has 0 amide bonds. The quantitative estimate of drug-likeness (QED) is 0.795. The summed E-state index contributed by atoms with van der Waals surface area (Å²) in [6.07, 6.45) is 5.61. The van der Waals surface area contributed by atoms with E-state index in [0.29, 0.717) is 24.2 Å². The highest BCUT2D eigenvalue weighted by atomic mass is 15.2. The number of likely N-dealkylation sites (N-methyl/N-ethyl adjacent to an activating group) is 1. The zero-order valence-electron chi connectivity index (χ0n) is 9.30. The van der Waals surface area contributed by atoms with Gasteiger partial charge in [0.05, 0.1) is 12.4 Å². The van der Waals surface area contributed by atoms with Crippen molar-refractivity contribution in [3.8, 4) is 6.07 Å². The van der Waals surface area contributed by atoms with Crippen molar-refractivity contribution in [2.45, 2.75) is 18.9 Å². The number of nitrogens with two attached hydrogens (primary N) is 1. The second-order valence-corrected chi connectivity index (χ2v) is 4.12. The molecule has 84 valence electrons. The van der Waals surface area contributed by atoms with Gasteiger partial charge in [-0.15, -0.1) is 0 Å². The van der Waals surface area contributed by atoms with Crippen molar-refractivity contribution in [3.63, 3.8) is 0 Å². The summed E-state index contributed by atoms with van der Waals surface area (Å²) in [6.45, 7) is 0.628. The van der Waals surface area contributed by atoms with Crippen molar-refractivity contribution in [1.29, 1.82) is 5.26 Å². The first kappa shape index (κ1) is 10.8. The lowest BCUT2D eigenvalue weighted by Crippen LogP contribution is -2.40. The van der Waals surface area contributed by atoms with Crippen LogP contribution in [0.4, 0.5) is 5.82 Å². The largest absolute Gasteiger partial charge is 0.354 e. The minimum Gasteiger partial charge on any atom is -0.354 e. The van der Waals surface area contributed by atoms with Gasteiger partial charge >= 0.3 is 0 Å². The maximum atomic E-state index is 8.63. The van der Waals surface area contributed by atoms with Gasteiger partial charge < -0.3 is 10.6 Å². The van der Waals surface area contributed by atoms with Gasteiger partial charge in [0.15, 0.2) is 5.69 Å². The van der Waals surface area contributed by atoms with E-state index in [1.54, 1.807) is 6.20 Å². The standard InChI is InChI=1S/C11H15N5/c1-16(10(5-13)8-2-3-8)11-7-14-9(4-12)6-15-11/h6-8,10H,2-3,5,13H2,1H3. The van der Waals surface area contributed by atoms with Gasteiger partial charge in [-0.25, -0.2) is 9.97 Å². The molecule has 1 fully saturated rings. The van der Waals surface area contributed by atoms with Gasteiger partial charge in [0.1, 0.15) is 11.9 Å². The van der Waals surface area contributed by atoms with Crippen molar-refractivity contribution in [1.82, 2.24) is 9.97 Å². The van der Waals surface area contributed by atoms with Crippen LogP contribution in [0.3, 0.4) is 0 Å². The molecule has 0 bridgehead atoms. The third kappa shape index (κ3) is 2.12. The first-order valence-electron chi connectivity index (χ1n) is 5.41. The van der Waals surface area contributed by atoms with E-state index >= 15 is 0 Å². The number of aromatic nitrogens is 2. The van der Waals surface area contributed by atoms with Gasteiger partial charge in [-0.3, -0.25) is 0 Å². The Morgan fingerprint density at radius 3 is 2.75 bits per heavy atom. The summed E-state index contributed by atoms with van der Waals surface area (Å²) in [5.74, 6) is 1.47. The first-order chi connectivity index (χ1) is 7.76. The van der Waals surface area contributed by atoms with Crippen LogP contribution in [0.15, 0.2) is 12.4 Å². The molecule has 16 heavy (non-hydrogen) atoms. The van der Waals surface area contributed by atoms with Crippen LogP contribution in [0.1, 0.15) is 18.5 Å². The first-order valence-corrected chi connectivity index (χ1v) is 5.41. The molecule has 1 atom stereocenters. The van der Waals surface area contributed by atoms with Crippen molar-refractivity contribution in [3.05, 3.63) is 18.1 Å². The van der Waals surface area contributed by atoms with E-state index in [0.717, 1.165) is 5.82 Å². The molecule has 0 aromatic carbocycles. The average molecular weight is 217 g/mol. The summed E-state index contributed by atoms with van der Waals surface area (Å²) in [6, 6.07) is 2.29. The molecule has 1 heterocycles. The van der Waals surface area contributed by atoms with Crippen LogP contribution >= 0.6 is 0 Å². The molecule has 2 N–H and O–H groups in total. The lowest BCUT2D eigenvalue weighted by atomic mass is 10.1. The summed E-state index contributed by atoms with van der Waals surface area (Å²) in [4.78, 5) is 10.3. The Bertz CT molecular complexity index is 390. The molecule has 1 aliphatic carbocycles. The van der Waals surface area contributed by atoms with Crippen LogP contribution in [-0.4, -0.2) is 29.6 Å². The van der Waals surface area contributed by atoms with E-state index in [2.05, 4.69) is 14.9 Å². The lowest BCUT2D eigenvalue weighted by Gasteiger charge is -2.27. The fraction of sp³-hybridized carbons (Fsp3) is 0.545. The summed E-state index contributed by atoms with van der Waals surface area (Å²) in [5, 5.41) is 8.63. The lowest BCUT2D eigenvalue weighted by molar-refractivity contribution is 0.565. The molecule has 0 saturated heterocycles. The molecule has 1 aliphatic rings. The minimum absolute atomic E-state index is 0.335. The van der Waals surface area contributed by atoms with Crippen LogP contribution in [0.2, 0.25) is 0 Å². The Labute approximate surface area is 94.9 Å². The number of rotatable bonds is 4. The van der Waals surface area contributed by atoms with Crippen molar-refractivity contribution in [2.24, 2.45) is 11.7 Å². The van der Waals surface area contributed by atoms with Crippen LogP contribution in [0, 0.1) is 17.2 Å². The monoisotopic (exact) mass is 217 g/mol.